The van der Waals surface area contributed by atoms with Crippen molar-refractivity contribution in [2.45, 2.75) is 109 Å². The summed E-state index contributed by atoms with van der Waals surface area (Å²) in [5, 5.41) is 8.70. The number of methoxy groups -OCH3 is 1. The average molecular weight is 538 g/mol. The zero-order chi connectivity index (χ0) is 27.1. The van der Waals surface area contributed by atoms with Crippen LogP contribution in [0.4, 0.5) is 0 Å². The maximum absolute atomic E-state index is 12.0. The topological polar surface area (TPSA) is 155 Å². The van der Waals surface area contributed by atoms with Crippen LogP contribution in [0.1, 0.15) is 96.8 Å². The Kier molecular flexibility index (Phi) is 22.1. The Morgan fingerprint density at radius 2 is 1.44 bits per heavy atom. The van der Waals surface area contributed by atoms with Crippen molar-refractivity contribution in [3.8, 4) is 0 Å². The highest BCUT2D eigenvalue weighted by Gasteiger charge is 2.29. The van der Waals surface area contributed by atoms with E-state index in [2.05, 4.69) is 23.6 Å². The molecule has 0 spiro atoms. The largest absolute Gasteiger partial charge is 0.480 e. The number of carboxylic acids is 1. The predicted molar refractivity (Wildman–Crippen MR) is 139 cm³/mol. The van der Waals surface area contributed by atoms with Crippen molar-refractivity contribution in [3.05, 3.63) is 12.2 Å². The molecule has 0 saturated heterocycles. The van der Waals surface area contributed by atoms with Crippen molar-refractivity contribution in [1.29, 1.82) is 0 Å². The molecule has 0 aliphatic heterocycles. The van der Waals surface area contributed by atoms with Gasteiger partial charge in [0.25, 0.3) is 0 Å². The van der Waals surface area contributed by atoms with Crippen LogP contribution in [-0.4, -0.2) is 61.0 Å². The quantitative estimate of drug-likeness (QED) is 0.0618. The summed E-state index contributed by atoms with van der Waals surface area (Å²) in [6.07, 6.45) is 18.9. The van der Waals surface area contributed by atoms with Gasteiger partial charge in [0.15, 0.2) is 0 Å². The fraction of sp³-hybridized carbons (Fsp3) is 0.840. The van der Waals surface area contributed by atoms with E-state index in [9.17, 15) is 19.0 Å². The molecule has 0 aliphatic carbocycles. The predicted octanol–water partition coefficient (Wildman–Crippen LogP) is 5.13. The van der Waals surface area contributed by atoms with Crippen LogP contribution >= 0.6 is 7.82 Å². The third-order valence-electron chi connectivity index (χ3n) is 5.44. The number of rotatable bonds is 25. The molecule has 36 heavy (non-hydrogen) atoms. The Bertz CT molecular complexity index is 645. The van der Waals surface area contributed by atoms with E-state index in [0.717, 1.165) is 32.1 Å². The molecule has 0 amide bonds. The van der Waals surface area contributed by atoms with E-state index < -0.39 is 38.5 Å². The molecule has 0 aliphatic rings. The number of hydrogen-bond acceptors (Lipinski definition) is 8. The van der Waals surface area contributed by atoms with Gasteiger partial charge in [0.1, 0.15) is 18.8 Å². The number of carbonyl (C=O) groups excluding carboxylic acids is 1. The Labute approximate surface area is 216 Å². The number of esters is 1. The van der Waals surface area contributed by atoms with Crippen molar-refractivity contribution in [3.63, 3.8) is 0 Å². The number of aliphatic carboxylic acids is 1. The van der Waals surface area contributed by atoms with Crippen LogP contribution < -0.4 is 5.73 Å². The zero-order valence-electron chi connectivity index (χ0n) is 22.1. The van der Waals surface area contributed by atoms with Crippen LogP contribution in [0.5, 0.6) is 0 Å². The Balaban J connectivity index is 3.86. The number of hydrogen-bond donors (Lipinski definition) is 3. The second-order valence-electron chi connectivity index (χ2n) is 8.91. The number of unbranched alkanes of at least 4 members (excludes halogenated alkanes) is 11. The maximum atomic E-state index is 12.0. The molecule has 0 aromatic rings. The fourth-order valence-corrected chi connectivity index (χ4v) is 4.27. The monoisotopic (exact) mass is 537 g/mol. The van der Waals surface area contributed by atoms with E-state index >= 15 is 0 Å². The summed E-state index contributed by atoms with van der Waals surface area (Å²) in [4.78, 5) is 32.4. The van der Waals surface area contributed by atoms with Gasteiger partial charge in [-0.15, -0.1) is 0 Å². The number of allylic oxidation sites excluding steroid dienone is 2. The summed E-state index contributed by atoms with van der Waals surface area (Å²) in [6, 6.07) is -1.47. The fourth-order valence-electron chi connectivity index (χ4n) is 3.36. The van der Waals surface area contributed by atoms with Gasteiger partial charge in [0, 0.05) is 13.5 Å². The van der Waals surface area contributed by atoms with Crippen LogP contribution in [-0.2, 0) is 32.7 Å². The van der Waals surface area contributed by atoms with Crippen LogP contribution in [0.25, 0.3) is 0 Å². The molecule has 10 nitrogen and oxygen atoms in total. The number of carbonyl (C=O) groups is 2. The summed E-state index contributed by atoms with van der Waals surface area (Å²) in [7, 11) is -3.25. The molecule has 3 atom stereocenters. The molecule has 0 heterocycles. The summed E-state index contributed by atoms with van der Waals surface area (Å²) in [5.74, 6) is -1.81. The molecule has 0 bridgehead atoms. The van der Waals surface area contributed by atoms with Crippen molar-refractivity contribution >= 4 is 19.8 Å². The molecule has 0 rings (SSSR count). The van der Waals surface area contributed by atoms with E-state index in [1.54, 1.807) is 0 Å². The minimum absolute atomic E-state index is 0.125. The van der Waals surface area contributed by atoms with Crippen molar-refractivity contribution in [2.75, 3.05) is 26.9 Å². The minimum Gasteiger partial charge on any atom is -0.480 e. The second kappa shape index (κ2) is 22.9. The molecule has 0 fully saturated rings. The number of phosphoric acid groups is 1. The van der Waals surface area contributed by atoms with Crippen molar-refractivity contribution in [2.24, 2.45) is 5.73 Å². The zero-order valence-corrected chi connectivity index (χ0v) is 23.0. The molecule has 212 valence electrons. The van der Waals surface area contributed by atoms with Gasteiger partial charge in [-0.2, -0.15) is 0 Å². The van der Waals surface area contributed by atoms with Gasteiger partial charge in [0.05, 0.1) is 13.2 Å². The second-order valence-corrected chi connectivity index (χ2v) is 10.3. The standard InChI is InChI=1S/C25H48NO9P/c1-3-4-5-6-7-8-9-10-11-12-13-14-15-16-17-18-24(27)33-20-22(19-32-2)35-36(30,31)34-21-23(26)25(28)29/h10-11,22-23H,3-9,12-21,26H2,1-2H3,(H,28,29)(H,30,31)/b11-10-/t22-,23-/m1/s1. The molecule has 0 aromatic heterocycles. The van der Waals surface area contributed by atoms with Gasteiger partial charge in [-0.3, -0.25) is 18.6 Å². The van der Waals surface area contributed by atoms with E-state index in [4.69, 9.17) is 24.8 Å². The molecule has 0 radical (unpaired) electrons. The number of carboxylic acid groups (broad SMARTS) is 1. The molecule has 11 heteroatoms. The van der Waals surface area contributed by atoms with Gasteiger partial charge in [-0.25, -0.2) is 4.57 Å². The van der Waals surface area contributed by atoms with E-state index in [1.165, 1.54) is 52.1 Å². The first kappa shape index (κ1) is 34.7. The first-order valence-electron chi connectivity index (χ1n) is 13.2. The highest BCUT2D eigenvalue weighted by Crippen LogP contribution is 2.44. The smallest absolute Gasteiger partial charge is 0.472 e. The van der Waals surface area contributed by atoms with Crippen molar-refractivity contribution < 1.29 is 42.7 Å². The van der Waals surface area contributed by atoms with Crippen LogP contribution in [0.15, 0.2) is 12.2 Å². The number of phosphoric ester groups is 1. The number of nitrogens with two attached hydrogens (primary N) is 1. The first-order chi connectivity index (χ1) is 17.2. The van der Waals surface area contributed by atoms with Gasteiger partial charge in [0.2, 0.25) is 0 Å². The third kappa shape index (κ3) is 21.9. The average Bonchev–Trinajstić information content (AvgIpc) is 2.83. The van der Waals surface area contributed by atoms with Gasteiger partial charge in [-0.05, 0) is 32.1 Å². The SMILES string of the molecule is CCCCCCCC/C=C\CCCCCCCC(=O)OC[C@@H](COC)OP(=O)(O)OC[C@@H](N)C(=O)O. The lowest BCUT2D eigenvalue weighted by atomic mass is 10.1. The first-order valence-corrected chi connectivity index (χ1v) is 14.6. The molecule has 0 saturated carbocycles. The lowest BCUT2D eigenvalue weighted by Crippen LogP contribution is -2.35. The maximum Gasteiger partial charge on any atom is 0.472 e. The normalized spacial score (nSPS) is 15.0. The molecular formula is C25H48NO9P. The van der Waals surface area contributed by atoms with E-state index in [0.29, 0.717) is 6.42 Å². The summed E-state index contributed by atoms with van der Waals surface area (Å²) in [6.45, 7) is 1.11. The molecular weight excluding hydrogens is 489 g/mol. The minimum atomic E-state index is -4.60. The van der Waals surface area contributed by atoms with Crippen LogP contribution in [0, 0.1) is 0 Å². The Morgan fingerprint density at radius 3 is 2.00 bits per heavy atom. The highest BCUT2D eigenvalue weighted by molar-refractivity contribution is 7.47. The lowest BCUT2D eigenvalue weighted by Gasteiger charge is -2.20. The Morgan fingerprint density at radius 1 is 0.889 bits per heavy atom. The van der Waals surface area contributed by atoms with E-state index in [1.807, 2.05) is 0 Å². The van der Waals surface area contributed by atoms with Crippen LogP contribution in [0.3, 0.4) is 0 Å². The highest BCUT2D eigenvalue weighted by atomic mass is 31.2. The summed E-state index contributed by atoms with van der Waals surface area (Å²) in [5.41, 5.74) is 5.23. The molecule has 1 unspecified atom stereocenters. The van der Waals surface area contributed by atoms with Crippen LogP contribution in [0.2, 0.25) is 0 Å². The summed E-state index contributed by atoms with van der Waals surface area (Å²) >= 11 is 0. The van der Waals surface area contributed by atoms with Gasteiger partial charge in [-0.1, -0.05) is 70.4 Å². The van der Waals surface area contributed by atoms with Gasteiger partial charge < -0.3 is 25.2 Å². The molecule has 4 N–H and O–H groups in total. The Hall–Kier alpha value is -1.29. The van der Waals surface area contributed by atoms with E-state index in [-0.39, 0.29) is 19.6 Å². The molecule has 0 aromatic carbocycles. The van der Waals surface area contributed by atoms with Gasteiger partial charge >= 0.3 is 19.8 Å². The third-order valence-corrected chi connectivity index (χ3v) is 6.48. The number of ether oxygens (including phenoxy) is 2. The van der Waals surface area contributed by atoms with Crippen molar-refractivity contribution in [1.82, 2.24) is 0 Å². The lowest BCUT2D eigenvalue weighted by molar-refractivity contribution is -0.147. The summed E-state index contributed by atoms with van der Waals surface area (Å²) < 4.78 is 31.5.